The first-order chi connectivity index (χ1) is 7.28. The van der Waals surface area contributed by atoms with Crippen molar-refractivity contribution < 1.29 is 14.7 Å². The molecule has 5 heteroatoms. The number of carbonyl (C=O) groups excluding carboxylic acids is 1. The summed E-state index contributed by atoms with van der Waals surface area (Å²) in [4.78, 5) is 23.9. The molecule has 92 valence electrons. The van der Waals surface area contributed by atoms with Crippen molar-refractivity contribution in [3.8, 4) is 0 Å². The van der Waals surface area contributed by atoms with Crippen molar-refractivity contribution in [2.75, 3.05) is 13.1 Å². The molecule has 5 nitrogen and oxygen atoms in total. The number of nitrogens with two attached hydrogens (primary N) is 1. The van der Waals surface area contributed by atoms with Gasteiger partial charge in [-0.15, -0.1) is 0 Å². The number of nitrogens with zero attached hydrogens (tertiary/aromatic N) is 1. The van der Waals surface area contributed by atoms with Crippen LogP contribution in [0.25, 0.3) is 0 Å². The van der Waals surface area contributed by atoms with E-state index in [1.54, 1.807) is 13.8 Å². The first-order valence-corrected chi connectivity index (χ1v) is 5.56. The summed E-state index contributed by atoms with van der Waals surface area (Å²) in [7, 11) is 0. The maximum atomic E-state index is 11.8. The van der Waals surface area contributed by atoms with Gasteiger partial charge in [0.25, 0.3) is 0 Å². The Kier molecular flexibility index (Phi) is 3.91. The number of aliphatic carboxylic acids is 1. The van der Waals surface area contributed by atoms with Crippen LogP contribution >= 0.6 is 0 Å². The van der Waals surface area contributed by atoms with Crippen LogP contribution in [0.15, 0.2) is 0 Å². The average molecular weight is 228 g/mol. The monoisotopic (exact) mass is 228 g/mol. The van der Waals surface area contributed by atoms with Gasteiger partial charge in [-0.3, -0.25) is 9.59 Å². The molecular weight excluding hydrogens is 208 g/mol. The molecule has 0 aromatic carbocycles. The molecule has 1 fully saturated rings. The molecule has 1 rings (SSSR count). The third-order valence-corrected chi connectivity index (χ3v) is 2.46. The fourth-order valence-electron chi connectivity index (χ4n) is 1.53. The van der Waals surface area contributed by atoms with Crippen molar-refractivity contribution in [3.63, 3.8) is 0 Å². The van der Waals surface area contributed by atoms with Crippen molar-refractivity contribution in [1.29, 1.82) is 0 Å². The zero-order valence-electron chi connectivity index (χ0n) is 9.90. The number of rotatable bonds is 6. The molecule has 16 heavy (non-hydrogen) atoms. The zero-order chi connectivity index (χ0) is 12.3. The molecule has 0 saturated heterocycles. The Balaban J connectivity index is 2.52. The molecule has 0 atom stereocenters. The fraction of sp³-hybridized carbons (Fsp3) is 0.818. The summed E-state index contributed by atoms with van der Waals surface area (Å²) >= 11 is 0. The number of amides is 1. The van der Waals surface area contributed by atoms with E-state index >= 15 is 0 Å². The van der Waals surface area contributed by atoms with Gasteiger partial charge in [0.1, 0.15) is 6.54 Å². The molecule has 0 heterocycles. The van der Waals surface area contributed by atoms with Gasteiger partial charge in [0.15, 0.2) is 0 Å². The van der Waals surface area contributed by atoms with E-state index in [1.807, 2.05) is 0 Å². The molecule has 0 aliphatic heterocycles. The molecule has 1 saturated carbocycles. The Hall–Kier alpha value is -1.10. The van der Waals surface area contributed by atoms with Gasteiger partial charge in [-0.25, -0.2) is 0 Å². The van der Waals surface area contributed by atoms with Crippen molar-refractivity contribution in [2.45, 2.75) is 38.6 Å². The average Bonchev–Trinajstić information content (AvgIpc) is 2.82. The lowest BCUT2D eigenvalue weighted by atomic mass is 10.0. The fourth-order valence-corrected chi connectivity index (χ4v) is 1.53. The molecular formula is C11H20N2O3. The smallest absolute Gasteiger partial charge is 0.323 e. The van der Waals surface area contributed by atoms with Crippen molar-refractivity contribution in [3.05, 3.63) is 0 Å². The lowest BCUT2D eigenvalue weighted by Crippen LogP contribution is -2.43. The van der Waals surface area contributed by atoms with E-state index in [-0.39, 0.29) is 18.9 Å². The summed E-state index contributed by atoms with van der Waals surface area (Å²) < 4.78 is 0. The first-order valence-electron chi connectivity index (χ1n) is 5.56. The lowest BCUT2D eigenvalue weighted by molar-refractivity contribution is -0.145. The summed E-state index contributed by atoms with van der Waals surface area (Å²) in [5.74, 6) is -0.644. The van der Waals surface area contributed by atoms with Gasteiger partial charge >= 0.3 is 5.97 Å². The summed E-state index contributed by atoms with van der Waals surface area (Å²) in [5.41, 5.74) is 5.17. The second-order valence-corrected chi connectivity index (χ2v) is 5.28. The zero-order valence-corrected chi connectivity index (χ0v) is 9.90. The first kappa shape index (κ1) is 13.0. The lowest BCUT2D eigenvalue weighted by Gasteiger charge is -2.25. The summed E-state index contributed by atoms with van der Waals surface area (Å²) in [6.07, 6.45) is 2.37. The Morgan fingerprint density at radius 3 is 2.38 bits per heavy atom. The van der Waals surface area contributed by atoms with Crippen LogP contribution in [0.2, 0.25) is 0 Å². The van der Waals surface area contributed by atoms with Crippen molar-refractivity contribution in [1.82, 2.24) is 4.90 Å². The van der Waals surface area contributed by atoms with Crippen molar-refractivity contribution in [2.24, 2.45) is 11.7 Å². The maximum absolute atomic E-state index is 11.8. The quantitative estimate of drug-likeness (QED) is 0.691. The van der Waals surface area contributed by atoms with E-state index < -0.39 is 11.5 Å². The number of hydrogen-bond donors (Lipinski definition) is 2. The normalized spacial score (nSPS) is 15.9. The second kappa shape index (κ2) is 4.82. The van der Waals surface area contributed by atoms with E-state index in [0.29, 0.717) is 12.5 Å². The number of hydrogen-bond acceptors (Lipinski definition) is 3. The Morgan fingerprint density at radius 1 is 1.44 bits per heavy atom. The van der Waals surface area contributed by atoms with E-state index in [0.717, 1.165) is 12.8 Å². The second-order valence-electron chi connectivity index (χ2n) is 5.28. The summed E-state index contributed by atoms with van der Waals surface area (Å²) in [6, 6.07) is 0. The van der Waals surface area contributed by atoms with E-state index in [4.69, 9.17) is 10.8 Å². The van der Waals surface area contributed by atoms with E-state index in [2.05, 4.69) is 0 Å². The van der Waals surface area contributed by atoms with E-state index in [1.165, 1.54) is 4.90 Å². The molecule has 0 aromatic heterocycles. The van der Waals surface area contributed by atoms with Crippen LogP contribution < -0.4 is 5.73 Å². The minimum absolute atomic E-state index is 0.165. The van der Waals surface area contributed by atoms with Gasteiger partial charge in [-0.2, -0.15) is 0 Å². The highest BCUT2D eigenvalue weighted by Crippen LogP contribution is 2.30. The van der Waals surface area contributed by atoms with E-state index in [9.17, 15) is 9.59 Å². The van der Waals surface area contributed by atoms with Crippen LogP contribution in [0.3, 0.4) is 0 Å². The minimum Gasteiger partial charge on any atom is -0.480 e. The van der Waals surface area contributed by atoms with Crippen LogP contribution in [0.4, 0.5) is 0 Å². The van der Waals surface area contributed by atoms with Gasteiger partial charge in [0, 0.05) is 18.5 Å². The minimum atomic E-state index is -0.969. The largest absolute Gasteiger partial charge is 0.480 e. The van der Waals surface area contributed by atoms with Gasteiger partial charge in [-0.05, 0) is 32.6 Å². The molecule has 0 spiro atoms. The number of carboxylic acid groups (broad SMARTS) is 1. The number of carbonyl (C=O) groups is 2. The maximum Gasteiger partial charge on any atom is 0.323 e. The molecule has 1 amide bonds. The Morgan fingerprint density at radius 2 is 2.00 bits per heavy atom. The van der Waals surface area contributed by atoms with Gasteiger partial charge in [-0.1, -0.05) is 0 Å². The molecule has 0 unspecified atom stereocenters. The highest BCUT2D eigenvalue weighted by molar-refractivity contribution is 5.82. The van der Waals surface area contributed by atoms with Crippen LogP contribution in [0.1, 0.15) is 33.1 Å². The van der Waals surface area contributed by atoms with Gasteiger partial charge in [0.2, 0.25) is 5.91 Å². The standard InChI is InChI=1S/C11H20N2O3/c1-11(2,12)5-9(14)13(7-10(15)16)6-8-3-4-8/h8H,3-7,12H2,1-2H3,(H,15,16). The summed E-state index contributed by atoms with van der Waals surface area (Å²) in [6.45, 7) is 3.87. The Labute approximate surface area is 95.6 Å². The van der Waals surface area contributed by atoms with Crippen LogP contribution in [-0.2, 0) is 9.59 Å². The molecule has 3 N–H and O–H groups in total. The third-order valence-electron chi connectivity index (χ3n) is 2.46. The molecule has 0 bridgehead atoms. The highest BCUT2D eigenvalue weighted by atomic mass is 16.4. The Bertz CT molecular complexity index is 279. The van der Waals surface area contributed by atoms with Crippen LogP contribution in [-0.4, -0.2) is 40.5 Å². The van der Waals surface area contributed by atoms with Crippen LogP contribution in [0, 0.1) is 5.92 Å². The third kappa shape index (κ3) is 5.11. The summed E-state index contributed by atoms with van der Waals surface area (Å²) in [5, 5.41) is 8.74. The molecule has 0 aromatic rings. The SMILES string of the molecule is CC(C)(N)CC(=O)N(CC(=O)O)CC1CC1. The van der Waals surface area contributed by atoms with Gasteiger partial charge in [0.05, 0.1) is 0 Å². The molecule has 1 aliphatic rings. The predicted octanol–water partition coefficient (Wildman–Crippen LogP) is 0.437. The topological polar surface area (TPSA) is 83.6 Å². The molecule has 0 radical (unpaired) electrons. The number of carboxylic acids is 1. The molecule has 1 aliphatic carbocycles. The highest BCUT2D eigenvalue weighted by Gasteiger charge is 2.29. The van der Waals surface area contributed by atoms with Crippen LogP contribution in [0.5, 0.6) is 0 Å². The van der Waals surface area contributed by atoms with Crippen molar-refractivity contribution >= 4 is 11.9 Å². The van der Waals surface area contributed by atoms with Gasteiger partial charge < -0.3 is 15.7 Å². The predicted molar refractivity (Wildman–Crippen MR) is 59.8 cm³/mol.